The second-order valence-electron chi connectivity index (χ2n) is 5.31. The highest BCUT2D eigenvalue weighted by molar-refractivity contribution is 7.89. The fourth-order valence-electron chi connectivity index (χ4n) is 2.42. The van der Waals surface area contributed by atoms with Crippen LogP contribution in [0.4, 0.5) is 0 Å². The molecule has 1 atom stereocenters. The van der Waals surface area contributed by atoms with Gasteiger partial charge < -0.3 is 10.1 Å². The summed E-state index contributed by atoms with van der Waals surface area (Å²) < 4.78 is 31.8. The number of ether oxygens (including phenoxy) is 1. The van der Waals surface area contributed by atoms with Crippen molar-refractivity contribution in [1.82, 2.24) is 10.0 Å². The zero-order valence-corrected chi connectivity index (χ0v) is 13.1. The Kier molecular flexibility index (Phi) is 6.48. The quantitative estimate of drug-likeness (QED) is 0.764. The fourth-order valence-corrected chi connectivity index (χ4v) is 3.29. The zero-order chi connectivity index (χ0) is 15.0. The average Bonchev–Trinajstić information content (AvgIpc) is 2.49. The van der Waals surface area contributed by atoms with Crippen LogP contribution in [0.15, 0.2) is 30.3 Å². The third kappa shape index (κ3) is 6.46. The Morgan fingerprint density at radius 1 is 1.24 bits per heavy atom. The van der Waals surface area contributed by atoms with Gasteiger partial charge in [-0.3, -0.25) is 0 Å². The minimum atomic E-state index is -3.26. The SMILES string of the molecule is O=S(=O)(CCOc1ccccc1)NCCC1CCCCN1. The van der Waals surface area contributed by atoms with E-state index in [1.54, 1.807) is 0 Å². The Bertz CT molecular complexity index is 499. The lowest BCUT2D eigenvalue weighted by Crippen LogP contribution is -2.38. The summed E-state index contributed by atoms with van der Waals surface area (Å²) in [5.74, 6) is 0.680. The van der Waals surface area contributed by atoms with E-state index >= 15 is 0 Å². The first-order valence-corrected chi connectivity index (χ1v) is 9.19. The summed E-state index contributed by atoms with van der Waals surface area (Å²) in [4.78, 5) is 0. The molecule has 21 heavy (non-hydrogen) atoms. The van der Waals surface area contributed by atoms with Gasteiger partial charge in [0, 0.05) is 12.6 Å². The van der Waals surface area contributed by atoms with Gasteiger partial charge in [0.15, 0.2) is 0 Å². The lowest BCUT2D eigenvalue weighted by molar-refractivity contribution is 0.340. The molecule has 5 nitrogen and oxygen atoms in total. The summed E-state index contributed by atoms with van der Waals surface area (Å²) in [5.41, 5.74) is 0. The largest absolute Gasteiger partial charge is 0.492 e. The molecule has 2 rings (SSSR count). The first-order valence-electron chi connectivity index (χ1n) is 7.54. The van der Waals surface area contributed by atoms with Crippen LogP contribution in [0, 0.1) is 0 Å². The topological polar surface area (TPSA) is 67.4 Å². The van der Waals surface area contributed by atoms with Gasteiger partial charge in [0.1, 0.15) is 12.4 Å². The number of sulfonamides is 1. The number of piperidine rings is 1. The highest BCUT2D eigenvalue weighted by Gasteiger charge is 2.14. The van der Waals surface area contributed by atoms with E-state index in [9.17, 15) is 8.42 Å². The van der Waals surface area contributed by atoms with E-state index < -0.39 is 10.0 Å². The molecular weight excluding hydrogens is 288 g/mol. The van der Waals surface area contributed by atoms with Gasteiger partial charge in [-0.25, -0.2) is 13.1 Å². The van der Waals surface area contributed by atoms with Crippen molar-refractivity contribution < 1.29 is 13.2 Å². The number of hydrogen-bond donors (Lipinski definition) is 2. The van der Waals surface area contributed by atoms with Gasteiger partial charge in [-0.2, -0.15) is 0 Å². The van der Waals surface area contributed by atoms with E-state index in [1.807, 2.05) is 30.3 Å². The van der Waals surface area contributed by atoms with Gasteiger partial charge in [-0.05, 0) is 37.9 Å². The monoisotopic (exact) mass is 312 g/mol. The van der Waals surface area contributed by atoms with Crippen LogP contribution < -0.4 is 14.8 Å². The maximum absolute atomic E-state index is 11.9. The van der Waals surface area contributed by atoms with Gasteiger partial charge in [-0.1, -0.05) is 24.6 Å². The van der Waals surface area contributed by atoms with Crippen LogP contribution in [0.3, 0.4) is 0 Å². The molecule has 1 fully saturated rings. The molecule has 1 aromatic rings. The second kappa shape index (κ2) is 8.36. The summed E-state index contributed by atoms with van der Waals surface area (Å²) >= 11 is 0. The molecule has 0 radical (unpaired) electrons. The molecule has 1 saturated heterocycles. The van der Waals surface area contributed by atoms with Crippen LogP contribution in [0.2, 0.25) is 0 Å². The molecule has 2 N–H and O–H groups in total. The van der Waals surface area contributed by atoms with Gasteiger partial charge in [0.2, 0.25) is 10.0 Å². The molecule has 0 aliphatic carbocycles. The van der Waals surface area contributed by atoms with Crippen molar-refractivity contribution in [2.75, 3.05) is 25.4 Å². The van der Waals surface area contributed by atoms with Crippen molar-refractivity contribution in [3.05, 3.63) is 30.3 Å². The standard InChI is InChI=1S/C15H24N2O3S/c18-21(19,13-12-20-15-7-2-1-3-8-15)17-11-9-14-6-4-5-10-16-14/h1-3,7-8,14,16-17H,4-6,9-13H2. The Hall–Kier alpha value is -1.11. The average molecular weight is 312 g/mol. The maximum Gasteiger partial charge on any atom is 0.214 e. The lowest BCUT2D eigenvalue weighted by atomic mass is 10.0. The van der Waals surface area contributed by atoms with Crippen LogP contribution >= 0.6 is 0 Å². The molecule has 118 valence electrons. The Balaban J connectivity index is 1.62. The van der Waals surface area contributed by atoms with Gasteiger partial charge in [0.25, 0.3) is 0 Å². The highest BCUT2D eigenvalue weighted by atomic mass is 32.2. The van der Waals surface area contributed by atoms with Crippen LogP contribution in [-0.4, -0.2) is 39.9 Å². The number of hydrogen-bond acceptors (Lipinski definition) is 4. The Morgan fingerprint density at radius 3 is 2.76 bits per heavy atom. The molecule has 6 heteroatoms. The molecule has 0 spiro atoms. The van der Waals surface area contributed by atoms with Crippen LogP contribution in [0.25, 0.3) is 0 Å². The van der Waals surface area contributed by atoms with E-state index in [2.05, 4.69) is 10.0 Å². The maximum atomic E-state index is 11.9. The third-order valence-electron chi connectivity index (χ3n) is 3.59. The van der Waals surface area contributed by atoms with E-state index in [0.29, 0.717) is 18.3 Å². The van der Waals surface area contributed by atoms with E-state index in [0.717, 1.165) is 19.4 Å². The van der Waals surface area contributed by atoms with Crippen LogP contribution in [-0.2, 0) is 10.0 Å². The van der Waals surface area contributed by atoms with E-state index in [-0.39, 0.29) is 12.4 Å². The normalized spacial score (nSPS) is 19.3. The number of nitrogens with one attached hydrogen (secondary N) is 2. The van der Waals surface area contributed by atoms with Gasteiger partial charge in [-0.15, -0.1) is 0 Å². The predicted molar refractivity (Wildman–Crippen MR) is 84.0 cm³/mol. The summed E-state index contributed by atoms with van der Waals surface area (Å²) in [6.45, 7) is 1.70. The van der Waals surface area contributed by atoms with Crippen molar-refractivity contribution in [2.45, 2.75) is 31.7 Å². The van der Waals surface area contributed by atoms with E-state index in [1.165, 1.54) is 12.8 Å². The molecule has 0 aromatic heterocycles. The smallest absolute Gasteiger partial charge is 0.214 e. The van der Waals surface area contributed by atoms with E-state index in [4.69, 9.17) is 4.74 Å². The predicted octanol–water partition coefficient (Wildman–Crippen LogP) is 1.52. The number of benzene rings is 1. The summed E-state index contributed by atoms with van der Waals surface area (Å²) in [6.07, 6.45) is 4.44. The summed E-state index contributed by atoms with van der Waals surface area (Å²) in [7, 11) is -3.26. The minimum absolute atomic E-state index is 0.0139. The first kappa shape index (κ1) is 16.3. The molecule has 0 bridgehead atoms. The molecule has 0 amide bonds. The second-order valence-corrected chi connectivity index (χ2v) is 7.24. The molecule has 1 unspecified atom stereocenters. The summed E-state index contributed by atoms with van der Waals surface area (Å²) in [6, 6.07) is 9.69. The van der Waals surface area contributed by atoms with Crippen molar-refractivity contribution in [3.63, 3.8) is 0 Å². The van der Waals surface area contributed by atoms with Crippen LogP contribution in [0.5, 0.6) is 5.75 Å². The minimum Gasteiger partial charge on any atom is -0.492 e. The van der Waals surface area contributed by atoms with Gasteiger partial charge >= 0.3 is 0 Å². The third-order valence-corrected chi connectivity index (χ3v) is 4.94. The number of rotatable bonds is 8. The van der Waals surface area contributed by atoms with Crippen molar-refractivity contribution in [2.24, 2.45) is 0 Å². The number of para-hydroxylation sites is 1. The molecule has 1 aliphatic rings. The van der Waals surface area contributed by atoms with Crippen molar-refractivity contribution in [1.29, 1.82) is 0 Å². The molecule has 0 saturated carbocycles. The van der Waals surface area contributed by atoms with Gasteiger partial charge in [0.05, 0.1) is 5.75 Å². The summed E-state index contributed by atoms with van der Waals surface area (Å²) in [5, 5.41) is 3.41. The zero-order valence-electron chi connectivity index (χ0n) is 12.3. The van der Waals surface area contributed by atoms with Crippen LogP contribution in [0.1, 0.15) is 25.7 Å². The molecule has 1 aliphatic heterocycles. The van der Waals surface area contributed by atoms with Crippen molar-refractivity contribution >= 4 is 10.0 Å². The lowest BCUT2D eigenvalue weighted by Gasteiger charge is -2.23. The Morgan fingerprint density at radius 2 is 2.05 bits per heavy atom. The Labute approximate surface area is 127 Å². The molecule has 1 aromatic carbocycles. The van der Waals surface area contributed by atoms with Crippen molar-refractivity contribution in [3.8, 4) is 5.75 Å². The molecule has 1 heterocycles. The molecular formula is C15H24N2O3S. The fraction of sp³-hybridized carbons (Fsp3) is 0.600. The highest BCUT2D eigenvalue weighted by Crippen LogP contribution is 2.10. The first-order chi connectivity index (χ1) is 10.2.